The lowest BCUT2D eigenvalue weighted by atomic mass is 10.2. The summed E-state index contributed by atoms with van der Waals surface area (Å²) in [5, 5.41) is 9.88. The Morgan fingerprint density at radius 2 is 2.18 bits per heavy atom. The molecule has 1 saturated heterocycles. The topological polar surface area (TPSA) is 70.5 Å². The zero-order valence-corrected chi connectivity index (χ0v) is 10.6. The molecule has 0 aromatic carbocycles. The van der Waals surface area contributed by atoms with Gasteiger partial charge in [0.2, 0.25) is 0 Å². The second kappa shape index (κ2) is 4.44. The van der Waals surface area contributed by atoms with Crippen LogP contribution in [0.25, 0.3) is 0 Å². The second-order valence-electron chi connectivity index (χ2n) is 4.14. The van der Waals surface area contributed by atoms with Gasteiger partial charge in [-0.1, -0.05) is 0 Å². The van der Waals surface area contributed by atoms with Crippen LogP contribution in [0.2, 0.25) is 0 Å². The highest BCUT2D eigenvalue weighted by atomic mass is 32.1. The molecule has 0 unspecified atom stereocenters. The van der Waals surface area contributed by atoms with Crippen molar-refractivity contribution >= 4 is 23.2 Å². The number of thiazole rings is 1. The van der Waals surface area contributed by atoms with E-state index in [4.69, 9.17) is 5.11 Å². The molecule has 17 heavy (non-hydrogen) atoms. The van der Waals surface area contributed by atoms with E-state index < -0.39 is 12.0 Å². The van der Waals surface area contributed by atoms with Gasteiger partial charge in [-0.2, -0.15) is 0 Å². The van der Waals surface area contributed by atoms with Crippen LogP contribution in [0.4, 0.5) is 0 Å². The van der Waals surface area contributed by atoms with E-state index in [0.717, 1.165) is 11.4 Å². The molecule has 1 atom stereocenters. The normalized spacial score (nSPS) is 19.6. The number of amides is 1. The molecule has 0 saturated carbocycles. The number of hydrogen-bond acceptors (Lipinski definition) is 4. The van der Waals surface area contributed by atoms with Crippen molar-refractivity contribution in [2.75, 3.05) is 6.54 Å². The maximum atomic E-state index is 12.2. The average molecular weight is 254 g/mol. The highest BCUT2D eigenvalue weighted by Gasteiger charge is 2.35. The van der Waals surface area contributed by atoms with Crippen LogP contribution < -0.4 is 0 Å². The number of rotatable bonds is 2. The van der Waals surface area contributed by atoms with Gasteiger partial charge in [-0.15, -0.1) is 11.3 Å². The van der Waals surface area contributed by atoms with Crippen molar-refractivity contribution in [1.82, 2.24) is 9.88 Å². The van der Waals surface area contributed by atoms with Crippen LogP contribution in [0.5, 0.6) is 0 Å². The molecule has 1 aliphatic rings. The molecule has 1 aromatic rings. The number of aromatic nitrogens is 1. The van der Waals surface area contributed by atoms with Gasteiger partial charge in [0.15, 0.2) is 0 Å². The van der Waals surface area contributed by atoms with Crippen molar-refractivity contribution in [2.45, 2.75) is 32.7 Å². The van der Waals surface area contributed by atoms with Gasteiger partial charge in [0, 0.05) is 6.54 Å². The molecule has 1 aliphatic heterocycles. The first-order valence-electron chi connectivity index (χ1n) is 5.48. The molecular weight excluding hydrogens is 240 g/mol. The van der Waals surface area contributed by atoms with Gasteiger partial charge < -0.3 is 10.0 Å². The molecule has 1 amide bonds. The third kappa shape index (κ3) is 2.17. The van der Waals surface area contributed by atoms with Gasteiger partial charge in [0.1, 0.15) is 10.9 Å². The summed E-state index contributed by atoms with van der Waals surface area (Å²) >= 11 is 1.33. The Hall–Kier alpha value is -1.43. The zero-order chi connectivity index (χ0) is 12.6. The van der Waals surface area contributed by atoms with Gasteiger partial charge in [-0.3, -0.25) is 4.79 Å². The maximum Gasteiger partial charge on any atom is 0.326 e. The van der Waals surface area contributed by atoms with Crippen molar-refractivity contribution in [2.24, 2.45) is 0 Å². The minimum atomic E-state index is -0.922. The summed E-state index contributed by atoms with van der Waals surface area (Å²) < 4.78 is 0. The third-order valence-corrected chi connectivity index (χ3v) is 3.96. The number of carboxylic acids is 1. The number of carbonyl (C=O) groups is 2. The van der Waals surface area contributed by atoms with Crippen LogP contribution in [-0.2, 0) is 4.79 Å². The van der Waals surface area contributed by atoms with Crippen LogP contribution in [0.1, 0.15) is 33.2 Å². The maximum absolute atomic E-state index is 12.2. The molecule has 1 fully saturated rings. The average Bonchev–Trinajstić information content (AvgIpc) is 2.83. The van der Waals surface area contributed by atoms with Crippen LogP contribution in [-0.4, -0.2) is 39.5 Å². The number of likely N-dealkylation sites (tertiary alicyclic amines) is 1. The molecule has 0 bridgehead atoms. The molecule has 1 N–H and O–H groups in total. The summed E-state index contributed by atoms with van der Waals surface area (Å²) in [6, 6.07) is -0.677. The van der Waals surface area contributed by atoms with Crippen LogP contribution in [0.3, 0.4) is 0 Å². The predicted molar refractivity (Wildman–Crippen MR) is 63.3 cm³/mol. The first-order valence-corrected chi connectivity index (χ1v) is 6.30. The SMILES string of the molecule is Cc1nc(C)c(C(=O)N2CCC[C@@H]2C(=O)O)s1. The molecule has 92 valence electrons. The molecule has 0 radical (unpaired) electrons. The Kier molecular flexibility index (Phi) is 3.15. The van der Waals surface area contributed by atoms with Gasteiger partial charge in [0.05, 0.1) is 10.7 Å². The smallest absolute Gasteiger partial charge is 0.326 e. The second-order valence-corrected chi connectivity index (χ2v) is 5.35. The summed E-state index contributed by atoms with van der Waals surface area (Å²) in [4.78, 5) is 29.5. The molecule has 0 aliphatic carbocycles. The Balaban J connectivity index is 2.25. The number of carbonyl (C=O) groups excluding carboxylic acids is 1. The Morgan fingerprint density at radius 1 is 1.47 bits per heavy atom. The number of aryl methyl sites for hydroxylation is 2. The first kappa shape index (κ1) is 12.0. The molecule has 0 spiro atoms. The Morgan fingerprint density at radius 3 is 2.71 bits per heavy atom. The van der Waals surface area contributed by atoms with Gasteiger partial charge >= 0.3 is 5.97 Å². The number of aliphatic carboxylic acids is 1. The minimum Gasteiger partial charge on any atom is -0.480 e. The fourth-order valence-electron chi connectivity index (χ4n) is 2.13. The van der Waals surface area contributed by atoms with E-state index in [0.29, 0.717) is 23.5 Å². The van der Waals surface area contributed by atoms with Crippen LogP contribution in [0.15, 0.2) is 0 Å². The summed E-state index contributed by atoms with van der Waals surface area (Å²) in [6.07, 6.45) is 1.29. The van der Waals surface area contributed by atoms with E-state index in [-0.39, 0.29) is 5.91 Å². The molecule has 6 heteroatoms. The summed E-state index contributed by atoms with van der Waals surface area (Å²) in [5.74, 6) is -1.12. The van der Waals surface area contributed by atoms with E-state index >= 15 is 0 Å². The fourth-order valence-corrected chi connectivity index (χ4v) is 3.00. The minimum absolute atomic E-state index is 0.196. The molecule has 5 nitrogen and oxygen atoms in total. The summed E-state index contributed by atoms with van der Waals surface area (Å²) in [6.45, 7) is 4.14. The largest absolute Gasteiger partial charge is 0.480 e. The lowest BCUT2D eigenvalue weighted by molar-refractivity contribution is -0.141. The van der Waals surface area contributed by atoms with Crippen molar-refractivity contribution in [3.05, 3.63) is 15.6 Å². The molecule has 2 rings (SSSR count). The van der Waals surface area contributed by atoms with E-state index in [1.54, 1.807) is 6.92 Å². The van der Waals surface area contributed by atoms with E-state index in [9.17, 15) is 9.59 Å². The number of carboxylic acid groups (broad SMARTS) is 1. The predicted octanol–water partition coefficient (Wildman–Crippen LogP) is 1.45. The summed E-state index contributed by atoms with van der Waals surface area (Å²) in [5.41, 5.74) is 0.688. The Bertz CT molecular complexity index is 469. The van der Waals surface area contributed by atoms with Crippen molar-refractivity contribution in [1.29, 1.82) is 0 Å². The quantitative estimate of drug-likeness (QED) is 0.867. The molecular formula is C11H14N2O3S. The molecule has 1 aromatic heterocycles. The number of hydrogen-bond donors (Lipinski definition) is 1. The fraction of sp³-hybridized carbons (Fsp3) is 0.545. The van der Waals surface area contributed by atoms with Crippen molar-refractivity contribution < 1.29 is 14.7 Å². The van der Waals surface area contributed by atoms with Crippen LogP contribution >= 0.6 is 11.3 Å². The first-order chi connectivity index (χ1) is 8.00. The monoisotopic (exact) mass is 254 g/mol. The van der Waals surface area contributed by atoms with Gasteiger partial charge in [-0.05, 0) is 26.7 Å². The van der Waals surface area contributed by atoms with E-state index in [1.165, 1.54) is 16.2 Å². The van der Waals surface area contributed by atoms with E-state index in [1.807, 2.05) is 6.92 Å². The third-order valence-electron chi connectivity index (χ3n) is 2.90. The zero-order valence-electron chi connectivity index (χ0n) is 9.77. The lowest BCUT2D eigenvalue weighted by Crippen LogP contribution is -2.40. The lowest BCUT2D eigenvalue weighted by Gasteiger charge is -2.20. The highest BCUT2D eigenvalue weighted by Crippen LogP contribution is 2.25. The molecule has 2 heterocycles. The van der Waals surface area contributed by atoms with Crippen molar-refractivity contribution in [3.8, 4) is 0 Å². The Labute approximate surface area is 103 Å². The van der Waals surface area contributed by atoms with Gasteiger partial charge in [0.25, 0.3) is 5.91 Å². The van der Waals surface area contributed by atoms with Crippen LogP contribution in [0, 0.1) is 13.8 Å². The number of nitrogens with zero attached hydrogens (tertiary/aromatic N) is 2. The highest BCUT2D eigenvalue weighted by molar-refractivity contribution is 7.13. The summed E-state index contributed by atoms with van der Waals surface area (Å²) in [7, 11) is 0. The van der Waals surface area contributed by atoms with E-state index in [2.05, 4.69) is 4.98 Å². The standard InChI is InChI=1S/C11H14N2O3S/c1-6-9(17-7(2)12-6)10(14)13-5-3-4-8(13)11(15)16/h8H,3-5H2,1-2H3,(H,15,16)/t8-/m1/s1. The van der Waals surface area contributed by atoms with Gasteiger partial charge in [-0.25, -0.2) is 9.78 Å². The van der Waals surface area contributed by atoms with Crippen molar-refractivity contribution in [3.63, 3.8) is 0 Å².